The van der Waals surface area contributed by atoms with Gasteiger partial charge in [0.05, 0.1) is 23.3 Å². The minimum Gasteiger partial charge on any atom is -0.379 e. The lowest BCUT2D eigenvalue weighted by Gasteiger charge is -2.31. The SMILES string of the molecule is CCS(=O)(=O)c1ccc([C@@H]2COCCCN2c2cc(C)nc(N)n2)c(Cl)c1. The van der Waals surface area contributed by atoms with Crippen molar-refractivity contribution in [3.63, 3.8) is 0 Å². The first kappa shape index (κ1) is 19.9. The summed E-state index contributed by atoms with van der Waals surface area (Å²) < 4.78 is 30.0. The lowest BCUT2D eigenvalue weighted by atomic mass is 10.1. The molecule has 1 aliphatic heterocycles. The molecule has 1 aromatic heterocycles. The predicted molar refractivity (Wildman–Crippen MR) is 106 cm³/mol. The summed E-state index contributed by atoms with van der Waals surface area (Å²) in [7, 11) is -3.32. The molecule has 1 fully saturated rings. The second-order valence-electron chi connectivity index (χ2n) is 6.45. The Kier molecular flexibility index (Phi) is 5.88. The quantitative estimate of drug-likeness (QED) is 0.827. The minimum atomic E-state index is -3.32. The Labute approximate surface area is 164 Å². The topological polar surface area (TPSA) is 98.4 Å². The summed E-state index contributed by atoms with van der Waals surface area (Å²) in [6, 6.07) is 6.54. The van der Waals surface area contributed by atoms with E-state index in [-0.39, 0.29) is 22.6 Å². The molecule has 0 unspecified atom stereocenters. The molecule has 2 heterocycles. The number of benzene rings is 1. The molecule has 9 heteroatoms. The molecule has 0 aliphatic carbocycles. The average Bonchev–Trinajstić information content (AvgIpc) is 2.86. The fraction of sp³-hybridized carbons (Fsp3) is 0.444. The van der Waals surface area contributed by atoms with Crippen molar-refractivity contribution in [3.8, 4) is 0 Å². The van der Waals surface area contributed by atoms with Crippen LogP contribution in [0.3, 0.4) is 0 Å². The summed E-state index contributed by atoms with van der Waals surface area (Å²) in [4.78, 5) is 10.8. The van der Waals surface area contributed by atoms with Crippen LogP contribution in [0, 0.1) is 6.92 Å². The number of aromatic nitrogens is 2. The Morgan fingerprint density at radius 3 is 2.78 bits per heavy atom. The fourth-order valence-electron chi connectivity index (χ4n) is 3.17. The number of nitrogen functional groups attached to an aromatic ring is 1. The summed E-state index contributed by atoms with van der Waals surface area (Å²) in [5.41, 5.74) is 7.40. The standard InChI is InChI=1S/C18H23ClN4O3S/c1-3-27(24,25)13-5-6-14(15(19)10-13)16-11-26-8-4-7-23(16)17-9-12(2)21-18(20)22-17/h5-6,9-10,16H,3-4,7-8,11H2,1-2H3,(H2,20,21,22)/t16-/m0/s1. The summed E-state index contributed by atoms with van der Waals surface area (Å²) in [6.45, 7) is 5.24. The molecule has 7 nitrogen and oxygen atoms in total. The predicted octanol–water partition coefficient (Wildman–Crippen LogP) is 2.78. The summed E-state index contributed by atoms with van der Waals surface area (Å²) >= 11 is 6.49. The number of anilines is 2. The molecule has 1 atom stereocenters. The largest absolute Gasteiger partial charge is 0.379 e. The normalized spacial score (nSPS) is 18.3. The van der Waals surface area contributed by atoms with Gasteiger partial charge in [0, 0.05) is 29.9 Å². The molecule has 0 saturated carbocycles. The first-order valence-electron chi connectivity index (χ1n) is 8.79. The van der Waals surface area contributed by atoms with Gasteiger partial charge in [-0.3, -0.25) is 0 Å². The van der Waals surface area contributed by atoms with Gasteiger partial charge in [0.15, 0.2) is 9.84 Å². The molecule has 2 aromatic rings. The van der Waals surface area contributed by atoms with Gasteiger partial charge in [-0.1, -0.05) is 24.6 Å². The van der Waals surface area contributed by atoms with E-state index in [9.17, 15) is 8.42 Å². The van der Waals surface area contributed by atoms with E-state index in [1.54, 1.807) is 19.1 Å². The summed E-state index contributed by atoms with van der Waals surface area (Å²) in [6.07, 6.45) is 0.833. The number of nitrogens with two attached hydrogens (primary N) is 1. The molecule has 0 amide bonds. The first-order chi connectivity index (χ1) is 12.8. The van der Waals surface area contributed by atoms with Crippen molar-refractivity contribution in [2.45, 2.75) is 31.2 Å². The second kappa shape index (κ2) is 8.00. The Bertz CT molecular complexity index is 916. The first-order valence-corrected chi connectivity index (χ1v) is 10.8. The molecule has 27 heavy (non-hydrogen) atoms. The lowest BCUT2D eigenvalue weighted by molar-refractivity contribution is 0.134. The third-order valence-corrected chi connectivity index (χ3v) is 6.62. The van der Waals surface area contributed by atoms with Crippen LogP contribution in [0.2, 0.25) is 5.02 Å². The zero-order chi connectivity index (χ0) is 19.6. The maximum atomic E-state index is 12.1. The molecule has 0 bridgehead atoms. The van der Waals surface area contributed by atoms with Gasteiger partial charge in [0.2, 0.25) is 5.95 Å². The third-order valence-electron chi connectivity index (χ3n) is 4.56. The summed E-state index contributed by atoms with van der Waals surface area (Å²) in [5.74, 6) is 0.946. The van der Waals surface area contributed by atoms with Gasteiger partial charge in [0.1, 0.15) is 5.82 Å². The minimum absolute atomic E-state index is 0.0286. The third kappa shape index (κ3) is 4.34. The molecule has 146 valence electrons. The van der Waals surface area contributed by atoms with Gasteiger partial charge in [0.25, 0.3) is 0 Å². The van der Waals surface area contributed by atoms with E-state index in [0.29, 0.717) is 30.6 Å². The Balaban J connectivity index is 2.03. The molecular formula is C18H23ClN4O3S. The van der Waals surface area contributed by atoms with Gasteiger partial charge in [-0.25, -0.2) is 13.4 Å². The zero-order valence-electron chi connectivity index (χ0n) is 15.4. The van der Waals surface area contributed by atoms with Crippen LogP contribution in [0.25, 0.3) is 0 Å². The Morgan fingerprint density at radius 2 is 2.11 bits per heavy atom. The van der Waals surface area contributed by atoms with E-state index < -0.39 is 9.84 Å². The maximum Gasteiger partial charge on any atom is 0.222 e. The highest BCUT2D eigenvalue weighted by Crippen LogP contribution is 2.34. The lowest BCUT2D eigenvalue weighted by Crippen LogP contribution is -2.32. The van der Waals surface area contributed by atoms with Gasteiger partial charge < -0.3 is 15.4 Å². The number of halogens is 1. The highest BCUT2D eigenvalue weighted by Gasteiger charge is 2.27. The van der Waals surface area contributed by atoms with Crippen LogP contribution in [-0.2, 0) is 14.6 Å². The van der Waals surface area contributed by atoms with Gasteiger partial charge in [-0.05, 0) is 31.0 Å². The molecule has 1 aliphatic rings. The number of hydrogen-bond acceptors (Lipinski definition) is 7. The van der Waals surface area contributed by atoms with E-state index in [1.165, 1.54) is 6.07 Å². The zero-order valence-corrected chi connectivity index (χ0v) is 16.9. The molecule has 3 rings (SSSR count). The van der Waals surface area contributed by atoms with Crippen molar-refractivity contribution < 1.29 is 13.2 Å². The number of aryl methyl sites for hydroxylation is 1. The van der Waals surface area contributed by atoms with Gasteiger partial charge in [-0.2, -0.15) is 4.98 Å². The van der Waals surface area contributed by atoms with Gasteiger partial charge in [-0.15, -0.1) is 0 Å². The van der Waals surface area contributed by atoms with Crippen LogP contribution in [0.5, 0.6) is 0 Å². The molecule has 0 spiro atoms. The Morgan fingerprint density at radius 1 is 1.33 bits per heavy atom. The maximum absolute atomic E-state index is 12.1. The number of nitrogens with zero attached hydrogens (tertiary/aromatic N) is 3. The van der Waals surface area contributed by atoms with Crippen LogP contribution in [0.15, 0.2) is 29.2 Å². The molecule has 1 saturated heterocycles. The monoisotopic (exact) mass is 410 g/mol. The highest BCUT2D eigenvalue weighted by atomic mass is 35.5. The van der Waals surface area contributed by atoms with Crippen molar-refractivity contribution in [2.75, 3.05) is 36.1 Å². The number of ether oxygens (including phenoxy) is 1. The van der Waals surface area contributed by atoms with Crippen molar-refractivity contribution in [3.05, 3.63) is 40.5 Å². The van der Waals surface area contributed by atoms with Crippen molar-refractivity contribution in [1.82, 2.24) is 9.97 Å². The average molecular weight is 411 g/mol. The second-order valence-corrected chi connectivity index (χ2v) is 9.14. The fourth-order valence-corrected chi connectivity index (χ4v) is 4.45. The number of sulfone groups is 1. The van der Waals surface area contributed by atoms with Crippen LogP contribution in [-0.4, -0.2) is 43.9 Å². The Hall–Kier alpha value is -1.90. The van der Waals surface area contributed by atoms with E-state index in [0.717, 1.165) is 17.7 Å². The van der Waals surface area contributed by atoms with E-state index in [2.05, 4.69) is 14.9 Å². The molecular weight excluding hydrogens is 388 g/mol. The van der Waals surface area contributed by atoms with Crippen LogP contribution < -0.4 is 10.6 Å². The smallest absolute Gasteiger partial charge is 0.222 e. The van der Waals surface area contributed by atoms with Crippen LogP contribution >= 0.6 is 11.6 Å². The highest BCUT2D eigenvalue weighted by molar-refractivity contribution is 7.91. The molecule has 2 N–H and O–H groups in total. The van der Waals surface area contributed by atoms with Crippen LogP contribution in [0.1, 0.15) is 30.6 Å². The van der Waals surface area contributed by atoms with E-state index in [1.807, 2.05) is 13.0 Å². The van der Waals surface area contributed by atoms with Crippen molar-refractivity contribution in [2.24, 2.45) is 0 Å². The van der Waals surface area contributed by atoms with E-state index >= 15 is 0 Å². The summed E-state index contributed by atoms with van der Waals surface area (Å²) in [5, 5.41) is 0.392. The number of hydrogen-bond donors (Lipinski definition) is 1. The molecule has 1 aromatic carbocycles. The number of rotatable bonds is 4. The molecule has 0 radical (unpaired) electrons. The van der Waals surface area contributed by atoms with Crippen LogP contribution in [0.4, 0.5) is 11.8 Å². The van der Waals surface area contributed by atoms with Crippen molar-refractivity contribution >= 4 is 33.2 Å². The van der Waals surface area contributed by atoms with E-state index in [4.69, 9.17) is 22.1 Å². The van der Waals surface area contributed by atoms with Gasteiger partial charge >= 0.3 is 0 Å². The van der Waals surface area contributed by atoms with Crippen molar-refractivity contribution in [1.29, 1.82) is 0 Å².